The molecule has 5 nitrogen and oxygen atoms in total. The van der Waals surface area contributed by atoms with E-state index in [9.17, 15) is 5.11 Å². The number of aryl methyl sites for hydroxylation is 1. The lowest BCUT2D eigenvalue weighted by atomic mass is 10.1. The summed E-state index contributed by atoms with van der Waals surface area (Å²) in [6, 6.07) is 9.81. The van der Waals surface area contributed by atoms with Gasteiger partial charge in [0.2, 0.25) is 0 Å². The van der Waals surface area contributed by atoms with Crippen molar-refractivity contribution in [2.24, 2.45) is 7.05 Å². The smallest absolute Gasteiger partial charge is 0.124 e. The van der Waals surface area contributed by atoms with Crippen LogP contribution in [0.1, 0.15) is 11.1 Å². The summed E-state index contributed by atoms with van der Waals surface area (Å²) in [6.07, 6.45) is 2.03. The first kappa shape index (κ1) is 15.6. The van der Waals surface area contributed by atoms with Crippen molar-refractivity contribution in [1.29, 1.82) is 0 Å². The van der Waals surface area contributed by atoms with Crippen LogP contribution in [0.2, 0.25) is 0 Å². The van der Waals surface area contributed by atoms with E-state index in [4.69, 9.17) is 4.74 Å². The molecule has 3 rings (SSSR count). The Kier molecular flexibility index (Phi) is 4.64. The minimum atomic E-state index is -0.0496. The van der Waals surface area contributed by atoms with Gasteiger partial charge in [0.05, 0.1) is 18.6 Å². The lowest BCUT2D eigenvalue weighted by Crippen LogP contribution is -2.01. The second kappa shape index (κ2) is 6.85. The highest BCUT2D eigenvalue weighted by Crippen LogP contribution is 2.28. The van der Waals surface area contributed by atoms with Gasteiger partial charge in [-0.25, -0.2) is 0 Å². The van der Waals surface area contributed by atoms with Gasteiger partial charge >= 0.3 is 0 Å². The van der Waals surface area contributed by atoms with Crippen molar-refractivity contribution in [3.63, 3.8) is 0 Å². The Balaban J connectivity index is 1.79. The highest BCUT2D eigenvalue weighted by molar-refractivity contribution is 7.13. The van der Waals surface area contributed by atoms with E-state index in [0.29, 0.717) is 12.3 Å². The van der Waals surface area contributed by atoms with E-state index in [2.05, 4.69) is 21.9 Å². The monoisotopic (exact) mass is 329 g/mol. The molecular weight excluding hydrogens is 310 g/mol. The molecule has 0 aliphatic heterocycles. The van der Waals surface area contributed by atoms with E-state index in [1.54, 1.807) is 18.4 Å². The molecule has 0 aliphatic carbocycles. The minimum Gasteiger partial charge on any atom is -0.496 e. The summed E-state index contributed by atoms with van der Waals surface area (Å²) in [5, 5.41) is 19.4. The fraction of sp³-hybridized carbons (Fsp3) is 0.235. The average Bonchev–Trinajstić information content (AvgIpc) is 3.21. The van der Waals surface area contributed by atoms with Gasteiger partial charge in [0, 0.05) is 36.6 Å². The standard InChI is InChI=1S/C17H19N3O2S/c1-20-10-13(17(19-20)16-4-3-7-23-16)9-18-14-5-6-15(22-2)12(8-14)11-21/h3-8,10,18,21H,9,11H2,1-2H3. The van der Waals surface area contributed by atoms with Crippen molar-refractivity contribution in [2.45, 2.75) is 13.2 Å². The molecule has 0 saturated carbocycles. The van der Waals surface area contributed by atoms with Gasteiger partial charge < -0.3 is 15.2 Å². The molecule has 0 saturated heterocycles. The SMILES string of the molecule is COc1ccc(NCc2cn(C)nc2-c2cccs2)cc1CO. The third kappa shape index (κ3) is 3.38. The summed E-state index contributed by atoms with van der Waals surface area (Å²) < 4.78 is 7.06. The van der Waals surface area contributed by atoms with Crippen LogP contribution in [0.3, 0.4) is 0 Å². The van der Waals surface area contributed by atoms with Gasteiger partial charge in [-0.3, -0.25) is 4.68 Å². The molecule has 3 aromatic rings. The van der Waals surface area contributed by atoms with Crippen molar-refractivity contribution < 1.29 is 9.84 Å². The van der Waals surface area contributed by atoms with Crippen molar-refractivity contribution in [3.8, 4) is 16.3 Å². The van der Waals surface area contributed by atoms with E-state index in [1.807, 2.05) is 42.2 Å². The second-order valence-electron chi connectivity index (χ2n) is 5.19. The van der Waals surface area contributed by atoms with Crippen LogP contribution in [0.5, 0.6) is 5.75 Å². The third-order valence-corrected chi connectivity index (χ3v) is 4.47. The molecule has 2 aromatic heterocycles. The fourth-order valence-electron chi connectivity index (χ4n) is 2.50. The minimum absolute atomic E-state index is 0.0496. The molecule has 0 spiro atoms. The molecule has 0 atom stereocenters. The lowest BCUT2D eigenvalue weighted by molar-refractivity contribution is 0.274. The zero-order valence-corrected chi connectivity index (χ0v) is 13.9. The maximum absolute atomic E-state index is 9.41. The first-order chi connectivity index (χ1) is 11.2. The second-order valence-corrected chi connectivity index (χ2v) is 6.14. The molecule has 0 radical (unpaired) electrons. The fourth-order valence-corrected chi connectivity index (χ4v) is 3.24. The third-order valence-electron chi connectivity index (χ3n) is 3.59. The van der Waals surface area contributed by atoms with Crippen LogP contribution in [0.4, 0.5) is 5.69 Å². The van der Waals surface area contributed by atoms with Crippen LogP contribution in [-0.2, 0) is 20.2 Å². The van der Waals surface area contributed by atoms with Crippen molar-refractivity contribution in [1.82, 2.24) is 9.78 Å². The van der Waals surface area contributed by atoms with Crippen LogP contribution in [0.25, 0.3) is 10.6 Å². The Morgan fingerprint density at radius 2 is 2.17 bits per heavy atom. The normalized spacial score (nSPS) is 10.7. The predicted octanol–water partition coefficient (Wildman–Crippen LogP) is 3.26. The quantitative estimate of drug-likeness (QED) is 0.729. The number of benzene rings is 1. The molecule has 6 heteroatoms. The molecule has 120 valence electrons. The number of aliphatic hydroxyl groups is 1. The van der Waals surface area contributed by atoms with Crippen LogP contribution in [0, 0.1) is 0 Å². The van der Waals surface area contributed by atoms with E-state index >= 15 is 0 Å². The summed E-state index contributed by atoms with van der Waals surface area (Å²) in [5.74, 6) is 0.693. The molecule has 2 N–H and O–H groups in total. The molecular formula is C17H19N3O2S. The number of hydrogen-bond acceptors (Lipinski definition) is 5. The summed E-state index contributed by atoms with van der Waals surface area (Å²) in [4.78, 5) is 1.16. The first-order valence-electron chi connectivity index (χ1n) is 7.29. The average molecular weight is 329 g/mol. The van der Waals surface area contributed by atoms with E-state index in [-0.39, 0.29) is 6.61 Å². The number of rotatable bonds is 6. The zero-order chi connectivity index (χ0) is 16.2. The topological polar surface area (TPSA) is 59.3 Å². The maximum atomic E-state index is 9.41. The first-order valence-corrected chi connectivity index (χ1v) is 8.17. The summed E-state index contributed by atoms with van der Waals surface area (Å²) in [6.45, 7) is 0.615. The van der Waals surface area contributed by atoms with E-state index in [0.717, 1.165) is 27.4 Å². The van der Waals surface area contributed by atoms with Gasteiger partial charge in [-0.05, 0) is 29.6 Å². The predicted molar refractivity (Wildman–Crippen MR) is 92.8 cm³/mol. The van der Waals surface area contributed by atoms with Gasteiger partial charge in [-0.2, -0.15) is 5.10 Å². The van der Waals surface area contributed by atoms with Gasteiger partial charge in [0.1, 0.15) is 11.4 Å². The molecule has 2 heterocycles. The molecule has 23 heavy (non-hydrogen) atoms. The zero-order valence-electron chi connectivity index (χ0n) is 13.1. The number of hydrogen-bond donors (Lipinski definition) is 2. The van der Waals surface area contributed by atoms with Crippen molar-refractivity contribution in [3.05, 3.63) is 53.0 Å². The van der Waals surface area contributed by atoms with E-state index in [1.165, 1.54) is 0 Å². The number of aliphatic hydroxyl groups excluding tert-OH is 1. The van der Waals surface area contributed by atoms with Gasteiger partial charge in [0.15, 0.2) is 0 Å². The van der Waals surface area contributed by atoms with E-state index < -0.39 is 0 Å². The Morgan fingerprint density at radius 3 is 2.87 bits per heavy atom. The Morgan fingerprint density at radius 1 is 1.30 bits per heavy atom. The van der Waals surface area contributed by atoms with Gasteiger partial charge in [-0.1, -0.05) is 6.07 Å². The number of nitrogens with zero attached hydrogens (tertiary/aromatic N) is 2. The highest BCUT2D eigenvalue weighted by atomic mass is 32.1. The number of anilines is 1. The summed E-state index contributed by atoms with van der Waals surface area (Å²) in [5.41, 5.74) is 3.85. The van der Waals surface area contributed by atoms with Crippen molar-refractivity contribution in [2.75, 3.05) is 12.4 Å². The Labute approximate surface area is 139 Å². The van der Waals surface area contributed by atoms with Crippen LogP contribution in [-0.4, -0.2) is 22.0 Å². The highest BCUT2D eigenvalue weighted by Gasteiger charge is 2.11. The lowest BCUT2D eigenvalue weighted by Gasteiger charge is -2.10. The maximum Gasteiger partial charge on any atom is 0.124 e. The number of thiophene rings is 1. The summed E-state index contributed by atoms with van der Waals surface area (Å²) in [7, 11) is 3.53. The van der Waals surface area contributed by atoms with Crippen LogP contribution < -0.4 is 10.1 Å². The Bertz CT molecular complexity index is 781. The molecule has 0 bridgehead atoms. The van der Waals surface area contributed by atoms with Gasteiger partial charge in [0.25, 0.3) is 0 Å². The number of nitrogens with one attached hydrogen (secondary N) is 1. The molecule has 0 aliphatic rings. The summed E-state index contributed by atoms with van der Waals surface area (Å²) >= 11 is 1.68. The molecule has 1 aromatic carbocycles. The molecule has 0 fully saturated rings. The molecule has 0 amide bonds. The largest absolute Gasteiger partial charge is 0.496 e. The van der Waals surface area contributed by atoms with Crippen molar-refractivity contribution >= 4 is 17.0 Å². The molecule has 0 unspecified atom stereocenters. The Hall–Kier alpha value is -2.31. The number of aromatic nitrogens is 2. The van der Waals surface area contributed by atoms with Crippen LogP contribution >= 0.6 is 11.3 Å². The number of ether oxygens (including phenoxy) is 1. The van der Waals surface area contributed by atoms with Crippen LogP contribution in [0.15, 0.2) is 41.9 Å². The number of methoxy groups -OCH3 is 1. The van der Waals surface area contributed by atoms with Gasteiger partial charge in [-0.15, -0.1) is 11.3 Å².